The molecular weight excluding hydrogens is 460 g/mol. The molecule has 0 aliphatic carbocycles. The van der Waals surface area contributed by atoms with Crippen molar-refractivity contribution in [2.75, 3.05) is 26.3 Å². The van der Waals surface area contributed by atoms with Crippen molar-refractivity contribution in [3.63, 3.8) is 0 Å². The van der Waals surface area contributed by atoms with Gasteiger partial charge in [0.2, 0.25) is 11.8 Å². The lowest BCUT2D eigenvalue weighted by molar-refractivity contribution is -0.156. The number of nitrogens with zero attached hydrogens (tertiary/aromatic N) is 2. The first kappa shape index (κ1) is 26.4. The second-order valence-electron chi connectivity index (χ2n) is 10.0. The van der Waals surface area contributed by atoms with Gasteiger partial charge in [-0.3, -0.25) is 14.4 Å². The highest BCUT2D eigenvalue weighted by atomic mass is 16.6. The molecule has 196 valence electrons. The normalized spacial score (nSPS) is 29.2. The van der Waals surface area contributed by atoms with Gasteiger partial charge in [0.25, 0.3) is 0 Å². The van der Waals surface area contributed by atoms with Crippen molar-refractivity contribution >= 4 is 17.8 Å². The van der Waals surface area contributed by atoms with Gasteiger partial charge in [0.1, 0.15) is 11.6 Å². The molecule has 1 N–H and O–H groups in total. The largest absolute Gasteiger partial charge is 0.466 e. The zero-order valence-electron chi connectivity index (χ0n) is 21.3. The third-order valence-electron chi connectivity index (χ3n) is 7.89. The first-order chi connectivity index (χ1) is 17.4. The summed E-state index contributed by atoms with van der Waals surface area (Å²) in [7, 11) is 0. The third-order valence-corrected chi connectivity index (χ3v) is 7.89. The number of amides is 2. The van der Waals surface area contributed by atoms with Crippen LogP contribution in [0, 0.1) is 11.8 Å². The molecule has 2 amide bonds. The number of rotatable bonds is 12. The summed E-state index contributed by atoms with van der Waals surface area (Å²) < 4.78 is 11.8. The Morgan fingerprint density at radius 2 is 2.08 bits per heavy atom. The molecule has 3 aliphatic heterocycles. The van der Waals surface area contributed by atoms with Gasteiger partial charge in [0.15, 0.2) is 0 Å². The van der Waals surface area contributed by atoms with Gasteiger partial charge in [0, 0.05) is 13.1 Å². The summed E-state index contributed by atoms with van der Waals surface area (Å²) in [5.74, 6) is -2.52. The average molecular weight is 499 g/mol. The number of carbonyl (C=O) groups is 3. The molecule has 0 saturated carbocycles. The van der Waals surface area contributed by atoms with E-state index in [1.165, 1.54) is 4.90 Å². The van der Waals surface area contributed by atoms with Crippen LogP contribution in [0.15, 0.2) is 43.0 Å². The minimum absolute atomic E-state index is 0.208. The van der Waals surface area contributed by atoms with Crippen molar-refractivity contribution in [1.29, 1.82) is 0 Å². The first-order valence-corrected chi connectivity index (χ1v) is 13.1. The summed E-state index contributed by atoms with van der Waals surface area (Å²) in [6.45, 7) is 8.40. The van der Waals surface area contributed by atoms with E-state index in [2.05, 4.69) is 13.5 Å². The van der Waals surface area contributed by atoms with E-state index >= 15 is 0 Å². The van der Waals surface area contributed by atoms with E-state index in [-0.39, 0.29) is 25.0 Å². The molecule has 1 spiro atoms. The molecule has 1 aromatic carbocycles. The van der Waals surface area contributed by atoms with Crippen LogP contribution < -0.4 is 0 Å². The van der Waals surface area contributed by atoms with Crippen molar-refractivity contribution in [2.24, 2.45) is 11.8 Å². The van der Waals surface area contributed by atoms with Gasteiger partial charge in [-0.25, -0.2) is 0 Å². The molecule has 0 radical (unpaired) electrons. The molecule has 8 nitrogen and oxygen atoms in total. The van der Waals surface area contributed by atoms with Gasteiger partial charge < -0.3 is 24.4 Å². The molecule has 8 heteroatoms. The van der Waals surface area contributed by atoms with Crippen LogP contribution in [0.2, 0.25) is 0 Å². The SMILES string of the molecule is C=CCN(CCCC)C(=O)[C@H]1N([C@@H](CO)Cc2ccccc2)C(=O)[C@@H]2[C@@H](C(=O)OCC)[C@H]3CC[C@]21O3. The molecule has 3 heterocycles. The molecule has 3 aliphatic rings. The Morgan fingerprint density at radius 3 is 2.72 bits per heavy atom. The zero-order chi connectivity index (χ0) is 25.9. The Morgan fingerprint density at radius 1 is 1.33 bits per heavy atom. The van der Waals surface area contributed by atoms with Gasteiger partial charge in [-0.2, -0.15) is 0 Å². The third kappa shape index (κ3) is 4.45. The second-order valence-corrected chi connectivity index (χ2v) is 10.0. The van der Waals surface area contributed by atoms with E-state index in [0.29, 0.717) is 32.4 Å². The Kier molecular flexibility index (Phi) is 8.15. The minimum Gasteiger partial charge on any atom is -0.466 e. The topological polar surface area (TPSA) is 96.4 Å². The molecule has 1 aromatic rings. The van der Waals surface area contributed by atoms with Gasteiger partial charge in [-0.1, -0.05) is 49.8 Å². The number of hydrogen-bond donors (Lipinski definition) is 1. The lowest BCUT2D eigenvalue weighted by atomic mass is 9.70. The lowest BCUT2D eigenvalue weighted by Gasteiger charge is -2.39. The average Bonchev–Trinajstić information content (AvgIpc) is 3.53. The molecule has 3 fully saturated rings. The summed E-state index contributed by atoms with van der Waals surface area (Å²) in [5, 5.41) is 10.5. The zero-order valence-corrected chi connectivity index (χ0v) is 21.3. The predicted octanol–water partition coefficient (Wildman–Crippen LogP) is 2.34. The monoisotopic (exact) mass is 498 g/mol. The van der Waals surface area contributed by atoms with Gasteiger partial charge in [-0.05, 0) is 38.2 Å². The molecule has 2 bridgehead atoms. The van der Waals surface area contributed by atoms with Gasteiger partial charge >= 0.3 is 5.97 Å². The van der Waals surface area contributed by atoms with Crippen LogP contribution in [0.1, 0.15) is 45.1 Å². The number of benzene rings is 1. The predicted molar refractivity (Wildman–Crippen MR) is 134 cm³/mol. The van der Waals surface area contributed by atoms with Crippen molar-refractivity contribution in [1.82, 2.24) is 9.80 Å². The van der Waals surface area contributed by atoms with Gasteiger partial charge in [-0.15, -0.1) is 6.58 Å². The molecule has 0 unspecified atom stereocenters. The van der Waals surface area contributed by atoms with E-state index in [0.717, 1.165) is 18.4 Å². The van der Waals surface area contributed by atoms with Crippen molar-refractivity contribution in [3.05, 3.63) is 48.6 Å². The van der Waals surface area contributed by atoms with Gasteiger partial charge in [0.05, 0.1) is 37.2 Å². The summed E-state index contributed by atoms with van der Waals surface area (Å²) in [4.78, 5) is 44.6. The number of esters is 1. The van der Waals surface area contributed by atoms with Crippen LogP contribution in [0.3, 0.4) is 0 Å². The number of carbonyl (C=O) groups excluding carboxylic acids is 3. The standard InChI is InChI=1S/C28H38N2O6/c1-4-7-16-29(15-5-2)26(33)24-28-14-13-21(36-28)22(27(34)35-6-3)23(28)25(32)30(24)20(18-31)17-19-11-9-8-10-12-19/h5,8-12,20-24,31H,2,4,6-7,13-18H2,1,3H3/t20-,21-,22+,23+,24-,28+/m1/s1. The van der Waals surface area contributed by atoms with E-state index < -0.39 is 41.6 Å². The second kappa shape index (κ2) is 11.1. The minimum atomic E-state index is -1.11. The fourth-order valence-corrected chi connectivity index (χ4v) is 6.38. The van der Waals surface area contributed by atoms with Crippen molar-refractivity contribution < 1.29 is 29.0 Å². The van der Waals surface area contributed by atoms with Crippen molar-refractivity contribution in [2.45, 2.75) is 69.7 Å². The first-order valence-electron chi connectivity index (χ1n) is 13.1. The lowest BCUT2D eigenvalue weighted by Crippen LogP contribution is -2.59. The molecule has 0 aromatic heterocycles. The maximum absolute atomic E-state index is 14.2. The Balaban J connectivity index is 1.76. The number of fused-ring (bicyclic) bond motifs is 1. The van der Waals surface area contributed by atoms with Crippen LogP contribution in [0.25, 0.3) is 0 Å². The number of aliphatic hydroxyl groups is 1. The van der Waals surface area contributed by atoms with Crippen LogP contribution in [0.5, 0.6) is 0 Å². The fraction of sp³-hybridized carbons (Fsp3) is 0.607. The smallest absolute Gasteiger partial charge is 0.312 e. The number of unbranched alkanes of at least 4 members (excludes halogenated alkanes) is 1. The van der Waals surface area contributed by atoms with Crippen molar-refractivity contribution in [3.8, 4) is 0 Å². The number of aliphatic hydroxyl groups excluding tert-OH is 1. The highest BCUT2D eigenvalue weighted by Crippen LogP contribution is 2.59. The Labute approximate surface area is 213 Å². The van der Waals surface area contributed by atoms with E-state index in [9.17, 15) is 19.5 Å². The molecular formula is C28H38N2O6. The molecule has 36 heavy (non-hydrogen) atoms. The van der Waals surface area contributed by atoms with Crippen LogP contribution in [-0.4, -0.2) is 82.8 Å². The quantitative estimate of drug-likeness (QED) is 0.351. The van der Waals surface area contributed by atoms with E-state index in [4.69, 9.17) is 9.47 Å². The Hall–Kier alpha value is -2.71. The summed E-state index contributed by atoms with van der Waals surface area (Å²) >= 11 is 0. The number of likely N-dealkylation sites (tertiary alicyclic amines) is 1. The maximum Gasteiger partial charge on any atom is 0.312 e. The van der Waals surface area contributed by atoms with Crippen LogP contribution in [-0.2, 0) is 30.3 Å². The van der Waals surface area contributed by atoms with Crippen LogP contribution in [0.4, 0.5) is 0 Å². The number of hydrogen-bond acceptors (Lipinski definition) is 6. The molecule has 4 rings (SSSR count). The molecule has 6 atom stereocenters. The highest BCUT2D eigenvalue weighted by Gasteiger charge is 2.75. The highest BCUT2D eigenvalue weighted by molar-refractivity contribution is 5.98. The maximum atomic E-state index is 14.2. The van der Waals surface area contributed by atoms with Crippen LogP contribution >= 0.6 is 0 Å². The number of ether oxygens (including phenoxy) is 2. The Bertz CT molecular complexity index is 968. The van der Waals surface area contributed by atoms with E-state index in [1.807, 2.05) is 30.3 Å². The van der Waals surface area contributed by atoms with E-state index in [1.54, 1.807) is 17.9 Å². The summed E-state index contributed by atoms with van der Waals surface area (Å²) in [5.41, 5.74) is -0.155. The fourth-order valence-electron chi connectivity index (χ4n) is 6.38. The summed E-state index contributed by atoms with van der Waals surface area (Å²) in [6.07, 6.45) is 4.46. The summed E-state index contributed by atoms with van der Waals surface area (Å²) in [6, 6.07) is 8.05. The molecule has 3 saturated heterocycles.